The highest BCUT2D eigenvalue weighted by Gasteiger charge is 2.36. The molecule has 4 rings (SSSR count). The minimum atomic E-state index is -2.68. The summed E-state index contributed by atoms with van der Waals surface area (Å²) in [5.74, 6) is 1.32. The van der Waals surface area contributed by atoms with E-state index in [1.165, 1.54) is 32.1 Å². The summed E-state index contributed by atoms with van der Waals surface area (Å²) in [7, 11) is 0. The van der Waals surface area contributed by atoms with Gasteiger partial charge < -0.3 is 29.9 Å². The van der Waals surface area contributed by atoms with Crippen LogP contribution in [0.2, 0.25) is 0 Å². The van der Waals surface area contributed by atoms with E-state index in [1.807, 2.05) is 12.3 Å². The second-order valence-corrected chi connectivity index (χ2v) is 8.49. The van der Waals surface area contributed by atoms with Crippen molar-refractivity contribution in [1.29, 1.82) is 0 Å². The van der Waals surface area contributed by atoms with Gasteiger partial charge in [-0.25, -0.2) is 9.97 Å². The van der Waals surface area contributed by atoms with Gasteiger partial charge in [0.25, 0.3) is 0 Å². The largest absolute Gasteiger partial charge is 0.393 e. The molecule has 2 saturated carbocycles. The quantitative estimate of drug-likeness (QED) is 0.435. The van der Waals surface area contributed by atoms with E-state index in [2.05, 4.69) is 19.9 Å². The molecular formula is C20H31N5O4. The molecule has 3 atom stereocenters. The van der Waals surface area contributed by atoms with Crippen LogP contribution in [0.15, 0.2) is 18.6 Å². The van der Waals surface area contributed by atoms with Crippen molar-refractivity contribution in [2.24, 2.45) is 17.6 Å². The SMILES string of the molecule is NC(O)(O)OC[C@@H]1CC(n2ccc3c(NCC4CCCCC4)ncnc32)C[C@@H]1O. The van der Waals surface area contributed by atoms with E-state index in [9.17, 15) is 5.11 Å². The average molecular weight is 405 g/mol. The molecule has 2 aliphatic carbocycles. The molecule has 0 saturated heterocycles. The molecule has 29 heavy (non-hydrogen) atoms. The lowest BCUT2D eigenvalue weighted by Gasteiger charge is -2.22. The maximum Gasteiger partial charge on any atom is 0.343 e. The van der Waals surface area contributed by atoms with E-state index in [0.717, 1.165) is 23.4 Å². The second-order valence-electron chi connectivity index (χ2n) is 8.49. The summed E-state index contributed by atoms with van der Waals surface area (Å²) in [6, 6.07) is 2.06. The van der Waals surface area contributed by atoms with Crippen LogP contribution in [-0.2, 0) is 4.74 Å². The molecule has 0 amide bonds. The molecule has 2 fully saturated rings. The summed E-state index contributed by atoms with van der Waals surface area (Å²) in [5.41, 5.74) is 5.88. The standard InChI is InChI=1S/C20H31N5O4/c21-20(27,28)29-11-14-8-15(9-17(14)26)25-7-6-16-18(23-12-24-19(16)25)22-10-13-4-2-1-3-5-13/h6-7,12-15,17,26-28H,1-5,8-11,21H2,(H,22,23,24)/t14-,15?,17-/m0/s1. The summed E-state index contributed by atoms with van der Waals surface area (Å²) in [4.78, 5) is 8.92. The molecule has 0 spiro atoms. The number of anilines is 1. The van der Waals surface area contributed by atoms with Crippen molar-refractivity contribution < 1.29 is 20.1 Å². The van der Waals surface area contributed by atoms with Crippen molar-refractivity contribution in [3.63, 3.8) is 0 Å². The number of nitrogens with two attached hydrogens (primary N) is 1. The van der Waals surface area contributed by atoms with Gasteiger partial charge in [-0.1, -0.05) is 19.3 Å². The average Bonchev–Trinajstić information content (AvgIpc) is 3.28. The zero-order valence-electron chi connectivity index (χ0n) is 16.6. The van der Waals surface area contributed by atoms with Gasteiger partial charge in [0, 0.05) is 24.7 Å². The Morgan fingerprint density at radius 1 is 1.21 bits per heavy atom. The second kappa shape index (κ2) is 8.53. The Kier molecular flexibility index (Phi) is 6.03. The fraction of sp³-hybridized carbons (Fsp3) is 0.700. The lowest BCUT2D eigenvalue weighted by Crippen LogP contribution is -2.43. The highest BCUT2D eigenvalue weighted by Crippen LogP contribution is 2.38. The number of aliphatic hydroxyl groups is 3. The van der Waals surface area contributed by atoms with Crippen LogP contribution >= 0.6 is 0 Å². The zero-order valence-corrected chi connectivity index (χ0v) is 16.6. The third-order valence-electron chi connectivity index (χ3n) is 6.33. The monoisotopic (exact) mass is 405 g/mol. The fourth-order valence-electron chi connectivity index (χ4n) is 4.75. The third kappa shape index (κ3) is 4.87. The number of rotatable bonds is 7. The van der Waals surface area contributed by atoms with E-state index in [4.69, 9.17) is 20.7 Å². The van der Waals surface area contributed by atoms with Gasteiger partial charge >= 0.3 is 6.10 Å². The summed E-state index contributed by atoms with van der Waals surface area (Å²) in [5, 5.41) is 33.1. The number of aliphatic hydroxyl groups excluding tert-OH is 1. The van der Waals surface area contributed by atoms with Crippen LogP contribution in [0.1, 0.15) is 51.0 Å². The number of ether oxygens (including phenoxy) is 1. The minimum Gasteiger partial charge on any atom is -0.393 e. The number of hydrogen-bond donors (Lipinski definition) is 5. The topological polar surface area (TPSA) is 139 Å². The van der Waals surface area contributed by atoms with Gasteiger partial charge in [-0.3, -0.25) is 5.73 Å². The van der Waals surface area contributed by atoms with Gasteiger partial charge in [-0.15, -0.1) is 0 Å². The van der Waals surface area contributed by atoms with Gasteiger partial charge in [0.15, 0.2) is 0 Å². The van der Waals surface area contributed by atoms with Crippen molar-refractivity contribution in [1.82, 2.24) is 14.5 Å². The van der Waals surface area contributed by atoms with E-state index in [-0.39, 0.29) is 18.6 Å². The van der Waals surface area contributed by atoms with Crippen molar-refractivity contribution in [2.75, 3.05) is 18.5 Å². The lowest BCUT2D eigenvalue weighted by atomic mass is 9.89. The zero-order chi connectivity index (χ0) is 20.4. The summed E-state index contributed by atoms with van der Waals surface area (Å²) >= 11 is 0. The molecule has 2 aromatic rings. The Labute approximate surface area is 169 Å². The van der Waals surface area contributed by atoms with E-state index in [0.29, 0.717) is 18.8 Å². The molecule has 0 aromatic carbocycles. The van der Waals surface area contributed by atoms with Crippen molar-refractivity contribution in [3.8, 4) is 0 Å². The molecule has 1 unspecified atom stereocenters. The fourth-order valence-corrected chi connectivity index (χ4v) is 4.75. The molecule has 0 radical (unpaired) electrons. The van der Waals surface area contributed by atoms with Gasteiger partial charge in [0.05, 0.1) is 18.1 Å². The van der Waals surface area contributed by atoms with Crippen LogP contribution in [0.25, 0.3) is 11.0 Å². The van der Waals surface area contributed by atoms with Crippen LogP contribution in [0.3, 0.4) is 0 Å². The van der Waals surface area contributed by atoms with Crippen LogP contribution in [0.5, 0.6) is 0 Å². The Morgan fingerprint density at radius 2 is 2.00 bits per heavy atom. The normalized spacial score (nSPS) is 26.3. The minimum absolute atomic E-state index is 0.0243. The number of hydrogen-bond acceptors (Lipinski definition) is 8. The Balaban J connectivity index is 1.45. The first-order valence-electron chi connectivity index (χ1n) is 10.5. The molecule has 9 nitrogen and oxygen atoms in total. The first-order valence-corrected chi connectivity index (χ1v) is 10.5. The highest BCUT2D eigenvalue weighted by molar-refractivity contribution is 5.87. The maximum absolute atomic E-state index is 10.4. The molecule has 6 N–H and O–H groups in total. The maximum atomic E-state index is 10.4. The summed E-state index contributed by atoms with van der Waals surface area (Å²) < 4.78 is 6.90. The first-order chi connectivity index (χ1) is 13.9. The molecule has 2 aliphatic rings. The predicted octanol–water partition coefficient (Wildman–Crippen LogP) is 1.31. The Morgan fingerprint density at radius 3 is 2.76 bits per heavy atom. The summed E-state index contributed by atoms with van der Waals surface area (Å²) in [6.45, 7) is 0.908. The van der Waals surface area contributed by atoms with E-state index < -0.39 is 12.2 Å². The van der Waals surface area contributed by atoms with Gasteiger partial charge in [-0.05, 0) is 37.7 Å². The smallest absolute Gasteiger partial charge is 0.343 e. The molecular weight excluding hydrogens is 374 g/mol. The van der Waals surface area contributed by atoms with Gasteiger partial charge in [-0.2, -0.15) is 0 Å². The highest BCUT2D eigenvalue weighted by atomic mass is 16.8. The Bertz CT molecular complexity index is 815. The molecule has 2 aromatic heterocycles. The van der Waals surface area contributed by atoms with E-state index in [1.54, 1.807) is 6.33 Å². The number of aromatic nitrogens is 3. The van der Waals surface area contributed by atoms with Gasteiger partial charge in [0.1, 0.15) is 17.8 Å². The van der Waals surface area contributed by atoms with Crippen LogP contribution < -0.4 is 11.1 Å². The van der Waals surface area contributed by atoms with Crippen LogP contribution in [0.4, 0.5) is 5.82 Å². The molecule has 0 aliphatic heterocycles. The summed E-state index contributed by atoms with van der Waals surface area (Å²) in [6.07, 6.45) is 7.98. The number of nitrogens with one attached hydrogen (secondary N) is 1. The van der Waals surface area contributed by atoms with Crippen molar-refractivity contribution in [3.05, 3.63) is 18.6 Å². The molecule has 0 bridgehead atoms. The van der Waals surface area contributed by atoms with Crippen LogP contribution in [-0.4, -0.2) is 55.2 Å². The molecule has 160 valence electrons. The van der Waals surface area contributed by atoms with Crippen LogP contribution in [0, 0.1) is 11.8 Å². The number of fused-ring (bicyclic) bond motifs is 1. The number of nitrogens with zero attached hydrogens (tertiary/aromatic N) is 3. The van der Waals surface area contributed by atoms with E-state index >= 15 is 0 Å². The predicted molar refractivity (Wildman–Crippen MR) is 108 cm³/mol. The Hall–Kier alpha value is -1.78. The third-order valence-corrected chi connectivity index (χ3v) is 6.33. The molecule has 9 heteroatoms. The van der Waals surface area contributed by atoms with Crippen molar-refractivity contribution in [2.45, 2.75) is 63.2 Å². The van der Waals surface area contributed by atoms with Gasteiger partial charge in [0.2, 0.25) is 0 Å². The first kappa shape index (κ1) is 20.5. The molecule has 2 heterocycles. The van der Waals surface area contributed by atoms with Crippen molar-refractivity contribution >= 4 is 16.9 Å². The lowest BCUT2D eigenvalue weighted by molar-refractivity contribution is -0.338.